The number of carbonyl (C=O) groups excluding carboxylic acids is 1. The largest absolute Gasteiger partial charge is 0.356 e. The molecular weight excluding hydrogens is 190 g/mol. The van der Waals surface area contributed by atoms with Crippen molar-refractivity contribution in [1.29, 1.82) is 0 Å². The molecule has 0 atom stereocenters. The number of pyridine rings is 1. The molecule has 0 aliphatic rings. The van der Waals surface area contributed by atoms with E-state index in [1.165, 1.54) is 6.92 Å². The second kappa shape index (κ2) is 6.95. The third-order valence-electron chi connectivity index (χ3n) is 1.94. The van der Waals surface area contributed by atoms with E-state index in [0.717, 1.165) is 31.7 Å². The smallest absolute Gasteiger partial charge is 0.216 e. The fraction of sp³-hybridized carbons (Fsp3) is 0.455. The van der Waals surface area contributed by atoms with E-state index in [9.17, 15) is 4.79 Å². The van der Waals surface area contributed by atoms with Gasteiger partial charge in [-0.3, -0.25) is 9.78 Å². The van der Waals surface area contributed by atoms with Gasteiger partial charge < -0.3 is 10.6 Å². The summed E-state index contributed by atoms with van der Waals surface area (Å²) in [6.45, 7) is 3.92. The monoisotopic (exact) mass is 207 g/mol. The molecule has 0 spiro atoms. The Morgan fingerprint density at radius 3 is 2.93 bits per heavy atom. The van der Waals surface area contributed by atoms with Crippen LogP contribution < -0.4 is 10.6 Å². The molecule has 0 saturated heterocycles. The second-order valence-corrected chi connectivity index (χ2v) is 3.33. The summed E-state index contributed by atoms with van der Waals surface area (Å²) in [5.41, 5.74) is 1.04. The lowest BCUT2D eigenvalue weighted by Gasteiger charge is -2.04. The zero-order valence-electron chi connectivity index (χ0n) is 8.99. The summed E-state index contributed by atoms with van der Waals surface area (Å²) in [6, 6.07) is 5.86. The Kier molecular flexibility index (Phi) is 5.40. The minimum absolute atomic E-state index is 0.0275. The third-order valence-corrected chi connectivity index (χ3v) is 1.94. The van der Waals surface area contributed by atoms with E-state index in [-0.39, 0.29) is 5.91 Å². The topological polar surface area (TPSA) is 54.0 Å². The van der Waals surface area contributed by atoms with E-state index in [2.05, 4.69) is 15.6 Å². The molecule has 1 aromatic rings. The van der Waals surface area contributed by atoms with Gasteiger partial charge in [0.25, 0.3) is 0 Å². The predicted molar refractivity (Wildman–Crippen MR) is 59.2 cm³/mol. The molecule has 1 aromatic heterocycles. The van der Waals surface area contributed by atoms with Crippen molar-refractivity contribution in [3.63, 3.8) is 0 Å². The van der Waals surface area contributed by atoms with Gasteiger partial charge in [0.1, 0.15) is 0 Å². The Labute approximate surface area is 90.1 Å². The summed E-state index contributed by atoms with van der Waals surface area (Å²) < 4.78 is 0. The SMILES string of the molecule is CC(=O)NCCCNCc1ccccn1. The normalized spacial score (nSPS) is 9.93. The van der Waals surface area contributed by atoms with Crippen LogP contribution in [0.15, 0.2) is 24.4 Å². The fourth-order valence-electron chi connectivity index (χ4n) is 1.20. The van der Waals surface area contributed by atoms with E-state index in [1.807, 2.05) is 18.2 Å². The van der Waals surface area contributed by atoms with Gasteiger partial charge in [-0.1, -0.05) is 6.07 Å². The van der Waals surface area contributed by atoms with Crippen molar-refractivity contribution in [3.05, 3.63) is 30.1 Å². The lowest BCUT2D eigenvalue weighted by atomic mass is 10.3. The number of nitrogens with one attached hydrogen (secondary N) is 2. The summed E-state index contributed by atoms with van der Waals surface area (Å²) in [4.78, 5) is 14.7. The minimum atomic E-state index is 0.0275. The average molecular weight is 207 g/mol. The summed E-state index contributed by atoms with van der Waals surface area (Å²) in [5.74, 6) is 0.0275. The molecule has 2 N–H and O–H groups in total. The molecule has 4 nitrogen and oxygen atoms in total. The molecule has 0 fully saturated rings. The maximum atomic E-state index is 10.6. The number of aromatic nitrogens is 1. The van der Waals surface area contributed by atoms with Crippen LogP contribution in [-0.2, 0) is 11.3 Å². The quantitative estimate of drug-likeness (QED) is 0.675. The number of amides is 1. The van der Waals surface area contributed by atoms with Gasteiger partial charge in [-0.25, -0.2) is 0 Å². The van der Waals surface area contributed by atoms with Gasteiger partial charge in [0.2, 0.25) is 5.91 Å². The van der Waals surface area contributed by atoms with E-state index >= 15 is 0 Å². The van der Waals surface area contributed by atoms with Crippen molar-refractivity contribution >= 4 is 5.91 Å². The molecule has 15 heavy (non-hydrogen) atoms. The molecule has 0 aliphatic carbocycles. The Bertz CT molecular complexity index is 287. The summed E-state index contributed by atoms with van der Waals surface area (Å²) in [6.07, 6.45) is 2.72. The molecule has 1 rings (SSSR count). The Hall–Kier alpha value is -1.42. The third kappa shape index (κ3) is 5.80. The molecule has 1 heterocycles. The van der Waals surface area contributed by atoms with Crippen molar-refractivity contribution in [2.45, 2.75) is 19.9 Å². The van der Waals surface area contributed by atoms with Gasteiger partial charge in [-0.2, -0.15) is 0 Å². The van der Waals surface area contributed by atoms with Crippen LogP contribution in [0, 0.1) is 0 Å². The van der Waals surface area contributed by atoms with Crippen molar-refractivity contribution in [2.24, 2.45) is 0 Å². The van der Waals surface area contributed by atoms with Gasteiger partial charge in [0.15, 0.2) is 0 Å². The van der Waals surface area contributed by atoms with Crippen LogP contribution in [-0.4, -0.2) is 24.0 Å². The van der Waals surface area contributed by atoms with Crippen LogP contribution in [0.4, 0.5) is 0 Å². The number of hydrogen-bond acceptors (Lipinski definition) is 3. The summed E-state index contributed by atoms with van der Waals surface area (Å²) in [7, 11) is 0. The summed E-state index contributed by atoms with van der Waals surface area (Å²) in [5, 5.41) is 6.01. The standard InChI is InChI=1S/C11H17N3O/c1-10(15)13-8-4-6-12-9-11-5-2-3-7-14-11/h2-3,5,7,12H,4,6,8-9H2,1H3,(H,13,15). The highest BCUT2D eigenvalue weighted by atomic mass is 16.1. The predicted octanol–water partition coefficient (Wildman–Crippen LogP) is 0.697. The molecule has 0 unspecified atom stereocenters. The first-order valence-corrected chi connectivity index (χ1v) is 5.14. The average Bonchev–Trinajstić information content (AvgIpc) is 2.24. The van der Waals surface area contributed by atoms with Crippen molar-refractivity contribution in [3.8, 4) is 0 Å². The highest BCUT2D eigenvalue weighted by Crippen LogP contribution is 1.91. The number of nitrogens with zero attached hydrogens (tertiary/aromatic N) is 1. The molecule has 0 radical (unpaired) electrons. The highest BCUT2D eigenvalue weighted by molar-refractivity contribution is 5.72. The van der Waals surface area contributed by atoms with Crippen molar-refractivity contribution < 1.29 is 4.79 Å². The Morgan fingerprint density at radius 1 is 1.40 bits per heavy atom. The van der Waals surface area contributed by atoms with Gasteiger partial charge >= 0.3 is 0 Å². The van der Waals surface area contributed by atoms with Gasteiger partial charge in [0, 0.05) is 26.2 Å². The van der Waals surface area contributed by atoms with Crippen LogP contribution in [0.25, 0.3) is 0 Å². The first-order chi connectivity index (χ1) is 7.29. The van der Waals surface area contributed by atoms with Crippen LogP contribution in [0.3, 0.4) is 0 Å². The van der Waals surface area contributed by atoms with E-state index in [0.29, 0.717) is 0 Å². The maximum absolute atomic E-state index is 10.6. The molecule has 0 bridgehead atoms. The van der Waals surface area contributed by atoms with E-state index in [4.69, 9.17) is 0 Å². The zero-order valence-corrected chi connectivity index (χ0v) is 8.99. The fourth-order valence-corrected chi connectivity index (χ4v) is 1.20. The van der Waals surface area contributed by atoms with Gasteiger partial charge in [-0.05, 0) is 25.1 Å². The Morgan fingerprint density at radius 2 is 2.27 bits per heavy atom. The van der Waals surface area contributed by atoms with E-state index < -0.39 is 0 Å². The second-order valence-electron chi connectivity index (χ2n) is 3.33. The number of rotatable bonds is 6. The van der Waals surface area contributed by atoms with Gasteiger partial charge in [0.05, 0.1) is 5.69 Å². The van der Waals surface area contributed by atoms with Crippen LogP contribution in [0.1, 0.15) is 19.0 Å². The molecule has 0 saturated carbocycles. The van der Waals surface area contributed by atoms with Crippen LogP contribution in [0.2, 0.25) is 0 Å². The molecular formula is C11H17N3O. The molecule has 82 valence electrons. The molecule has 4 heteroatoms. The Balaban J connectivity index is 2.00. The molecule has 0 aromatic carbocycles. The molecule has 0 aliphatic heterocycles. The molecule has 1 amide bonds. The maximum Gasteiger partial charge on any atom is 0.216 e. The first kappa shape index (κ1) is 11.7. The van der Waals surface area contributed by atoms with Crippen LogP contribution in [0.5, 0.6) is 0 Å². The first-order valence-electron chi connectivity index (χ1n) is 5.14. The van der Waals surface area contributed by atoms with Crippen molar-refractivity contribution in [1.82, 2.24) is 15.6 Å². The van der Waals surface area contributed by atoms with E-state index in [1.54, 1.807) is 6.20 Å². The number of hydrogen-bond donors (Lipinski definition) is 2. The zero-order chi connectivity index (χ0) is 10.9. The van der Waals surface area contributed by atoms with Gasteiger partial charge in [-0.15, -0.1) is 0 Å². The minimum Gasteiger partial charge on any atom is -0.356 e. The lowest BCUT2D eigenvalue weighted by Crippen LogP contribution is -2.25. The lowest BCUT2D eigenvalue weighted by molar-refractivity contribution is -0.118. The summed E-state index contributed by atoms with van der Waals surface area (Å²) >= 11 is 0. The van der Waals surface area contributed by atoms with Crippen molar-refractivity contribution in [2.75, 3.05) is 13.1 Å². The van der Waals surface area contributed by atoms with Crippen LogP contribution >= 0.6 is 0 Å². The number of carbonyl (C=O) groups is 1. The highest BCUT2D eigenvalue weighted by Gasteiger charge is 1.93.